The van der Waals surface area contributed by atoms with E-state index in [0.717, 1.165) is 16.3 Å². The number of hydrogen-bond acceptors (Lipinski definition) is 4. The summed E-state index contributed by atoms with van der Waals surface area (Å²) in [5, 5.41) is 2.01. The van der Waals surface area contributed by atoms with Crippen LogP contribution in [0.5, 0.6) is 0 Å². The average molecular weight is 299 g/mol. The molecule has 0 radical (unpaired) electrons. The highest BCUT2D eigenvalue weighted by Gasteiger charge is 2.14. The molecule has 2 aromatic heterocycles. The lowest BCUT2D eigenvalue weighted by molar-refractivity contribution is 0.630. The van der Waals surface area contributed by atoms with Gasteiger partial charge in [-0.1, -0.05) is 18.2 Å². The molecule has 0 aliphatic carbocycles. The molecular formula is C16H14FN3S. The van der Waals surface area contributed by atoms with E-state index < -0.39 is 0 Å². The Kier molecular flexibility index (Phi) is 3.66. The molecule has 0 amide bonds. The molecule has 0 aliphatic rings. The fourth-order valence-electron chi connectivity index (χ4n) is 2.09. The monoisotopic (exact) mass is 299 g/mol. The molecule has 0 aliphatic heterocycles. The molecule has 0 atom stereocenters. The first-order chi connectivity index (χ1) is 10.2. The van der Waals surface area contributed by atoms with Crippen LogP contribution in [0.15, 0.2) is 48.0 Å². The van der Waals surface area contributed by atoms with Crippen LogP contribution < -0.4 is 4.90 Å². The number of aromatic nitrogens is 2. The summed E-state index contributed by atoms with van der Waals surface area (Å²) in [6, 6.07) is 10.6. The molecule has 0 spiro atoms. The Morgan fingerprint density at radius 1 is 1.05 bits per heavy atom. The smallest absolute Gasteiger partial charge is 0.164 e. The summed E-state index contributed by atoms with van der Waals surface area (Å²) >= 11 is 1.63. The molecule has 3 rings (SSSR count). The molecule has 0 N–H and O–H groups in total. The maximum Gasteiger partial charge on any atom is 0.164 e. The van der Waals surface area contributed by atoms with Gasteiger partial charge in [0.2, 0.25) is 0 Å². The number of rotatable bonds is 3. The Labute approximate surface area is 126 Å². The first-order valence-corrected chi connectivity index (χ1v) is 7.38. The van der Waals surface area contributed by atoms with E-state index in [0.29, 0.717) is 11.4 Å². The molecule has 3 aromatic rings. The number of nitrogens with zero attached hydrogens (tertiary/aromatic N) is 3. The van der Waals surface area contributed by atoms with Crippen LogP contribution >= 0.6 is 11.3 Å². The summed E-state index contributed by atoms with van der Waals surface area (Å²) in [4.78, 5) is 11.9. The van der Waals surface area contributed by atoms with Crippen molar-refractivity contribution in [3.63, 3.8) is 0 Å². The van der Waals surface area contributed by atoms with Crippen molar-refractivity contribution < 1.29 is 4.39 Å². The molecule has 0 saturated carbocycles. The van der Waals surface area contributed by atoms with E-state index in [2.05, 4.69) is 9.97 Å². The summed E-state index contributed by atoms with van der Waals surface area (Å²) in [6.07, 6.45) is 1.76. The summed E-state index contributed by atoms with van der Waals surface area (Å²) in [7, 11) is 3.84. The van der Waals surface area contributed by atoms with E-state index in [1.807, 2.05) is 36.5 Å². The maximum absolute atomic E-state index is 13.9. The third-order valence-electron chi connectivity index (χ3n) is 3.09. The molecule has 3 nitrogen and oxygen atoms in total. The van der Waals surface area contributed by atoms with Crippen LogP contribution in [0.2, 0.25) is 0 Å². The third-order valence-corrected chi connectivity index (χ3v) is 4.00. The van der Waals surface area contributed by atoms with Crippen molar-refractivity contribution in [1.29, 1.82) is 0 Å². The molecule has 0 bridgehead atoms. The number of anilines is 1. The molecule has 106 valence electrons. The van der Waals surface area contributed by atoms with Crippen LogP contribution in [0.4, 0.5) is 10.2 Å². The zero-order valence-electron chi connectivity index (χ0n) is 11.7. The Morgan fingerprint density at radius 3 is 2.52 bits per heavy atom. The van der Waals surface area contributed by atoms with Gasteiger partial charge >= 0.3 is 0 Å². The average Bonchev–Trinajstić information content (AvgIpc) is 3.01. The second-order valence-corrected chi connectivity index (χ2v) is 5.73. The normalized spacial score (nSPS) is 10.6. The van der Waals surface area contributed by atoms with Gasteiger partial charge in [-0.3, -0.25) is 0 Å². The van der Waals surface area contributed by atoms with E-state index in [9.17, 15) is 4.39 Å². The zero-order chi connectivity index (χ0) is 14.8. The van der Waals surface area contributed by atoms with Crippen molar-refractivity contribution in [1.82, 2.24) is 9.97 Å². The van der Waals surface area contributed by atoms with Crippen molar-refractivity contribution >= 4 is 17.2 Å². The van der Waals surface area contributed by atoms with Crippen LogP contribution in [0.1, 0.15) is 0 Å². The Hall–Kier alpha value is -2.27. The number of thiophene rings is 1. The maximum atomic E-state index is 13.9. The molecule has 2 heterocycles. The molecule has 0 unspecified atom stereocenters. The van der Waals surface area contributed by atoms with Gasteiger partial charge in [-0.15, -0.1) is 11.3 Å². The van der Waals surface area contributed by atoms with Gasteiger partial charge in [-0.2, -0.15) is 0 Å². The summed E-state index contributed by atoms with van der Waals surface area (Å²) in [5.74, 6) is 0.869. The largest absolute Gasteiger partial charge is 0.362 e. The van der Waals surface area contributed by atoms with Gasteiger partial charge in [0.1, 0.15) is 11.6 Å². The minimum Gasteiger partial charge on any atom is -0.362 e. The SMILES string of the molecule is CN(C)c1nc(-c2ccccc2F)ncc1-c1cccs1. The number of halogens is 1. The summed E-state index contributed by atoms with van der Waals surface area (Å²) in [5.41, 5.74) is 1.37. The van der Waals surface area contributed by atoms with Gasteiger partial charge in [-0.25, -0.2) is 14.4 Å². The topological polar surface area (TPSA) is 29.0 Å². The lowest BCUT2D eigenvalue weighted by Gasteiger charge is -2.16. The highest BCUT2D eigenvalue weighted by Crippen LogP contribution is 2.32. The number of benzene rings is 1. The lowest BCUT2D eigenvalue weighted by Crippen LogP contribution is -2.13. The van der Waals surface area contributed by atoms with Gasteiger partial charge in [0.25, 0.3) is 0 Å². The van der Waals surface area contributed by atoms with E-state index in [1.54, 1.807) is 35.7 Å². The fraction of sp³-hybridized carbons (Fsp3) is 0.125. The minimum atomic E-state index is -0.314. The summed E-state index contributed by atoms with van der Waals surface area (Å²) < 4.78 is 13.9. The van der Waals surface area contributed by atoms with Crippen LogP contribution in [-0.2, 0) is 0 Å². The minimum absolute atomic E-state index is 0.314. The van der Waals surface area contributed by atoms with Gasteiger partial charge in [-0.05, 0) is 23.6 Å². The van der Waals surface area contributed by atoms with Crippen molar-refractivity contribution in [2.24, 2.45) is 0 Å². The fourth-order valence-corrected chi connectivity index (χ4v) is 2.82. The predicted octanol–water partition coefficient (Wildman–Crippen LogP) is 4.08. The van der Waals surface area contributed by atoms with Crippen LogP contribution in [0.3, 0.4) is 0 Å². The Balaban J connectivity index is 2.14. The standard InChI is InChI=1S/C16H14FN3S/c1-20(2)16-12(14-8-5-9-21-14)10-18-15(19-16)11-6-3-4-7-13(11)17/h3-10H,1-2H3. The van der Waals surface area contributed by atoms with E-state index in [-0.39, 0.29) is 5.82 Å². The van der Waals surface area contributed by atoms with Crippen LogP contribution in [0, 0.1) is 5.82 Å². The zero-order valence-corrected chi connectivity index (χ0v) is 12.6. The van der Waals surface area contributed by atoms with E-state index in [4.69, 9.17) is 0 Å². The molecule has 5 heteroatoms. The van der Waals surface area contributed by atoms with Crippen molar-refractivity contribution in [3.8, 4) is 21.8 Å². The van der Waals surface area contributed by atoms with E-state index >= 15 is 0 Å². The number of hydrogen-bond donors (Lipinski definition) is 0. The van der Waals surface area contributed by atoms with Crippen molar-refractivity contribution in [2.45, 2.75) is 0 Å². The Morgan fingerprint density at radius 2 is 1.86 bits per heavy atom. The molecule has 0 fully saturated rings. The van der Waals surface area contributed by atoms with Gasteiger partial charge in [0, 0.05) is 25.2 Å². The molecule has 21 heavy (non-hydrogen) atoms. The van der Waals surface area contributed by atoms with Gasteiger partial charge in [0.05, 0.1) is 11.1 Å². The molecule has 1 aromatic carbocycles. The molecular weight excluding hydrogens is 285 g/mol. The van der Waals surface area contributed by atoms with Crippen molar-refractivity contribution in [3.05, 3.63) is 53.8 Å². The first kappa shape index (κ1) is 13.7. The third kappa shape index (κ3) is 2.64. The highest BCUT2D eigenvalue weighted by molar-refractivity contribution is 7.13. The second kappa shape index (κ2) is 5.61. The Bertz CT molecular complexity index is 754. The van der Waals surface area contributed by atoms with Crippen LogP contribution in [0.25, 0.3) is 21.8 Å². The highest BCUT2D eigenvalue weighted by atomic mass is 32.1. The van der Waals surface area contributed by atoms with E-state index in [1.165, 1.54) is 6.07 Å². The van der Waals surface area contributed by atoms with Crippen LogP contribution in [-0.4, -0.2) is 24.1 Å². The predicted molar refractivity (Wildman–Crippen MR) is 85.1 cm³/mol. The van der Waals surface area contributed by atoms with Gasteiger partial charge < -0.3 is 4.90 Å². The molecule has 0 saturated heterocycles. The van der Waals surface area contributed by atoms with Gasteiger partial charge in [0.15, 0.2) is 5.82 Å². The lowest BCUT2D eigenvalue weighted by atomic mass is 10.2. The quantitative estimate of drug-likeness (QED) is 0.730. The van der Waals surface area contributed by atoms with Crippen molar-refractivity contribution in [2.75, 3.05) is 19.0 Å². The second-order valence-electron chi connectivity index (χ2n) is 4.78. The summed E-state index contributed by atoms with van der Waals surface area (Å²) in [6.45, 7) is 0. The first-order valence-electron chi connectivity index (χ1n) is 6.50.